The minimum absolute atomic E-state index is 0.00982. The zero-order valence-corrected chi connectivity index (χ0v) is 13.5. The number of rotatable bonds is 6. The third kappa shape index (κ3) is 4.20. The second-order valence-electron chi connectivity index (χ2n) is 6.14. The maximum absolute atomic E-state index is 6.08. The number of hydrogen-bond acceptors (Lipinski definition) is 2. The van der Waals surface area contributed by atoms with Gasteiger partial charge in [-0.05, 0) is 50.9 Å². The van der Waals surface area contributed by atoms with Gasteiger partial charge >= 0.3 is 0 Å². The van der Waals surface area contributed by atoms with E-state index in [1.54, 1.807) is 0 Å². The van der Waals surface area contributed by atoms with Gasteiger partial charge in [-0.2, -0.15) is 0 Å². The van der Waals surface area contributed by atoms with Gasteiger partial charge in [-0.1, -0.05) is 37.6 Å². The molecule has 2 N–H and O–H groups in total. The Morgan fingerprint density at radius 2 is 1.95 bits per heavy atom. The Hall–Kier alpha value is -0.570. The summed E-state index contributed by atoms with van der Waals surface area (Å²) in [6, 6.07) is 8.37. The topological polar surface area (TPSA) is 29.3 Å². The lowest BCUT2D eigenvalue weighted by atomic mass is 9.87. The molecule has 0 aromatic heterocycles. The summed E-state index contributed by atoms with van der Waals surface area (Å²) in [7, 11) is 2.15. The van der Waals surface area contributed by atoms with E-state index in [0.717, 1.165) is 11.4 Å². The molecule has 19 heavy (non-hydrogen) atoms. The van der Waals surface area contributed by atoms with Crippen molar-refractivity contribution in [2.75, 3.05) is 13.6 Å². The third-order valence-corrected chi connectivity index (χ3v) is 4.29. The molecule has 0 fully saturated rings. The minimum Gasteiger partial charge on any atom is -0.329 e. The summed E-state index contributed by atoms with van der Waals surface area (Å²) >= 11 is 6.08. The van der Waals surface area contributed by atoms with Gasteiger partial charge < -0.3 is 5.73 Å². The van der Waals surface area contributed by atoms with Crippen LogP contribution in [-0.4, -0.2) is 24.0 Å². The van der Waals surface area contributed by atoms with Crippen molar-refractivity contribution in [2.24, 2.45) is 11.7 Å². The van der Waals surface area contributed by atoms with Gasteiger partial charge in [0.15, 0.2) is 0 Å². The quantitative estimate of drug-likeness (QED) is 0.851. The van der Waals surface area contributed by atoms with E-state index >= 15 is 0 Å². The standard InChI is InChI=1S/C16H27ClN2/c1-12(2)10-16(4,11-18)19(5)13(3)14-7-6-8-15(17)9-14/h6-9,12-13H,10-11,18H2,1-5H3. The molecule has 0 heterocycles. The maximum Gasteiger partial charge on any atom is 0.0409 e. The van der Waals surface area contributed by atoms with Crippen LogP contribution < -0.4 is 5.73 Å². The second kappa shape index (κ2) is 6.74. The van der Waals surface area contributed by atoms with Gasteiger partial charge in [0.1, 0.15) is 0 Å². The van der Waals surface area contributed by atoms with Gasteiger partial charge in [-0.15, -0.1) is 0 Å². The predicted octanol–water partition coefficient (Wildman–Crippen LogP) is 4.10. The van der Waals surface area contributed by atoms with Gasteiger partial charge in [0.2, 0.25) is 0 Å². The van der Waals surface area contributed by atoms with E-state index in [1.165, 1.54) is 5.56 Å². The molecule has 0 saturated carbocycles. The Labute approximate surface area is 122 Å². The fourth-order valence-electron chi connectivity index (χ4n) is 2.71. The van der Waals surface area contributed by atoms with Crippen molar-refractivity contribution in [1.29, 1.82) is 0 Å². The average Bonchev–Trinajstić information content (AvgIpc) is 2.36. The van der Waals surface area contributed by atoms with Crippen LogP contribution >= 0.6 is 11.6 Å². The molecule has 2 atom stereocenters. The van der Waals surface area contributed by atoms with E-state index in [4.69, 9.17) is 17.3 Å². The van der Waals surface area contributed by atoms with Crippen LogP contribution in [0.5, 0.6) is 0 Å². The highest BCUT2D eigenvalue weighted by atomic mass is 35.5. The molecule has 0 amide bonds. The Kier molecular flexibility index (Phi) is 5.84. The van der Waals surface area contributed by atoms with Crippen LogP contribution in [0.15, 0.2) is 24.3 Å². The summed E-state index contributed by atoms with van der Waals surface area (Å²) < 4.78 is 0. The molecule has 0 saturated heterocycles. The molecule has 1 aromatic carbocycles. The zero-order chi connectivity index (χ0) is 14.6. The first-order valence-corrected chi connectivity index (χ1v) is 7.36. The zero-order valence-electron chi connectivity index (χ0n) is 12.8. The first-order chi connectivity index (χ1) is 8.80. The molecular weight excluding hydrogens is 256 g/mol. The van der Waals surface area contributed by atoms with Crippen LogP contribution in [0.25, 0.3) is 0 Å². The Balaban J connectivity index is 2.93. The summed E-state index contributed by atoms with van der Waals surface area (Å²) in [4.78, 5) is 2.37. The van der Waals surface area contributed by atoms with E-state index in [-0.39, 0.29) is 5.54 Å². The van der Waals surface area contributed by atoms with E-state index in [9.17, 15) is 0 Å². The molecular formula is C16H27ClN2. The molecule has 0 spiro atoms. The molecule has 0 bridgehead atoms. The van der Waals surface area contributed by atoms with Crippen molar-refractivity contribution in [3.8, 4) is 0 Å². The minimum atomic E-state index is 0.00982. The SMILES string of the molecule is CC(C)CC(C)(CN)N(C)C(C)c1cccc(Cl)c1. The van der Waals surface area contributed by atoms with Crippen molar-refractivity contribution in [3.63, 3.8) is 0 Å². The van der Waals surface area contributed by atoms with Crippen LogP contribution in [0, 0.1) is 5.92 Å². The van der Waals surface area contributed by atoms with E-state index in [0.29, 0.717) is 18.5 Å². The smallest absolute Gasteiger partial charge is 0.0409 e. The Morgan fingerprint density at radius 3 is 2.42 bits per heavy atom. The number of benzene rings is 1. The Bertz CT molecular complexity index is 405. The van der Waals surface area contributed by atoms with E-state index < -0.39 is 0 Å². The van der Waals surface area contributed by atoms with Crippen molar-refractivity contribution < 1.29 is 0 Å². The maximum atomic E-state index is 6.08. The molecule has 0 radical (unpaired) electrons. The molecule has 0 aliphatic carbocycles. The fourth-order valence-corrected chi connectivity index (χ4v) is 2.91. The van der Waals surface area contributed by atoms with Crippen LogP contribution in [0.2, 0.25) is 5.02 Å². The van der Waals surface area contributed by atoms with Crippen LogP contribution in [0.3, 0.4) is 0 Å². The highest BCUT2D eigenvalue weighted by Crippen LogP contribution is 2.31. The molecule has 2 unspecified atom stereocenters. The molecule has 0 aliphatic rings. The van der Waals surface area contributed by atoms with Crippen molar-refractivity contribution in [1.82, 2.24) is 4.90 Å². The predicted molar refractivity (Wildman–Crippen MR) is 84.5 cm³/mol. The molecule has 0 aliphatic heterocycles. The fraction of sp³-hybridized carbons (Fsp3) is 0.625. The largest absolute Gasteiger partial charge is 0.329 e. The summed E-state index contributed by atoms with van der Waals surface area (Å²) in [5.41, 5.74) is 7.28. The molecule has 3 heteroatoms. The van der Waals surface area contributed by atoms with Gasteiger partial charge in [0.25, 0.3) is 0 Å². The highest BCUT2D eigenvalue weighted by molar-refractivity contribution is 6.30. The van der Waals surface area contributed by atoms with Gasteiger partial charge in [0.05, 0.1) is 0 Å². The van der Waals surface area contributed by atoms with Gasteiger partial charge in [-0.25, -0.2) is 0 Å². The number of likely N-dealkylation sites (N-methyl/N-ethyl adjacent to an activating group) is 1. The van der Waals surface area contributed by atoms with E-state index in [2.05, 4.69) is 45.7 Å². The first kappa shape index (κ1) is 16.5. The van der Waals surface area contributed by atoms with Crippen LogP contribution in [-0.2, 0) is 0 Å². The number of nitrogens with two attached hydrogens (primary N) is 1. The lowest BCUT2D eigenvalue weighted by Gasteiger charge is -2.43. The van der Waals surface area contributed by atoms with Gasteiger partial charge in [-0.3, -0.25) is 4.90 Å². The third-order valence-electron chi connectivity index (χ3n) is 4.05. The Morgan fingerprint density at radius 1 is 1.32 bits per heavy atom. The first-order valence-electron chi connectivity index (χ1n) is 6.98. The summed E-state index contributed by atoms with van der Waals surface area (Å²) in [5, 5.41) is 0.788. The van der Waals surface area contributed by atoms with E-state index in [1.807, 2.05) is 18.2 Å². The summed E-state index contributed by atoms with van der Waals surface area (Å²) in [5.74, 6) is 0.627. The lowest BCUT2D eigenvalue weighted by molar-refractivity contribution is 0.0801. The second-order valence-corrected chi connectivity index (χ2v) is 6.58. The van der Waals surface area contributed by atoms with Crippen molar-refractivity contribution in [2.45, 2.75) is 45.7 Å². The lowest BCUT2D eigenvalue weighted by Crippen LogP contribution is -2.51. The van der Waals surface area contributed by atoms with Crippen molar-refractivity contribution in [3.05, 3.63) is 34.9 Å². The van der Waals surface area contributed by atoms with Crippen molar-refractivity contribution >= 4 is 11.6 Å². The summed E-state index contributed by atoms with van der Waals surface area (Å²) in [6.07, 6.45) is 1.09. The van der Waals surface area contributed by atoms with Crippen LogP contribution in [0.1, 0.15) is 45.7 Å². The van der Waals surface area contributed by atoms with Crippen LogP contribution in [0.4, 0.5) is 0 Å². The number of nitrogens with zero attached hydrogens (tertiary/aromatic N) is 1. The normalized spacial score (nSPS) is 16.7. The number of hydrogen-bond donors (Lipinski definition) is 1. The number of halogens is 1. The summed E-state index contributed by atoms with van der Waals surface area (Å²) in [6.45, 7) is 9.60. The monoisotopic (exact) mass is 282 g/mol. The molecule has 1 rings (SSSR count). The molecule has 1 aromatic rings. The van der Waals surface area contributed by atoms with Gasteiger partial charge in [0, 0.05) is 23.1 Å². The average molecular weight is 283 g/mol. The highest BCUT2D eigenvalue weighted by Gasteiger charge is 2.32. The molecule has 108 valence electrons. The molecule has 2 nitrogen and oxygen atoms in total.